The van der Waals surface area contributed by atoms with Crippen LogP contribution in [0, 0.1) is 6.92 Å². The number of halogens is 5. The minimum atomic E-state index is -4.67. The van der Waals surface area contributed by atoms with Gasteiger partial charge < -0.3 is 9.80 Å². The van der Waals surface area contributed by atoms with Crippen molar-refractivity contribution in [1.82, 2.24) is 14.7 Å². The number of carbonyl (C=O) groups excluding carboxylic acids is 1. The average Bonchev–Trinajstić information content (AvgIpc) is 3.09. The topological polar surface area (TPSA) is 41.4 Å². The van der Waals surface area contributed by atoms with Gasteiger partial charge >= 0.3 is 6.18 Å². The smallest absolute Gasteiger partial charge is 0.368 e. The number of amides is 1. The first-order valence-electron chi connectivity index (χ1n) is 10.3. The largest absolute Gasteiger partial charge is 0.436 e. The first kappa shape index (κ1) is 23.4. The molecule has 0 N–H and O–H groups in total. The molecule has 0 unspecified atom stereocenters. The van der Waals surface area contributed by atoms with Crippen molar-refractivity contribution >= 4 is 34.8 Å². The van der Waals surface area contributed by atoms with E-state index in [1.165, 1.54) is 6.92 Å². The highest BCUT2D eigenvalue weighted by Crippen LogP contribution is 2.36. The minimum absolute atomic E-state index is 0.0510. The number of anilines is 1. The van der Waals surface area contributed by atoms with E-state index < -0.39 is 16.9 Å². The first-order chi connectivity index (χ1) is 15.6. The number of nitrogens with zero attached hydrogens (tertiary/aromatic N) is 4. The second-order valence-corrected chi connectivity index (χ2v) is 8.62. The maximum Gasteiger partial charge on any atom is 0.436 e. The second-order valence-electron chi connectivity index (χ2n) is 7.81. The zero-order valence-electron chi connectivity index (χ0n) is 17.7. The van der Waals surface area contributed by atoms with E-state index in [-0.39, 0.29) is 18.0 Å². The maximum atomic E-state index is 13.3. The molecule has 4 rings (SSSR count). The van der Waals surface area contributed by atoms with E-state index in [1.54, 1.807) is 29.2 Å². The number of carbonyl (C=O) groups is 1. The minimum Gasteiger partial charge on any atom is -0.368 e. The fourth-order valence-corrected chi connectivity index (χ4v) is 4.26. The van der Waals surface area contributed by atoms with Crippen LogP contribution in [0.1, 0.15) is 17.0 Å². The van der Waals surface area contributed by atoms with Gasteiger partial charge in [0, 0.05) is 36.9 Å². The molecule has 33 heavy (non-hydrogen) atoms. The summed E-state index contributed by atoms with van der Waals surface area (Å²) in [7, 11) is 0. The number of benzene rings is 2. The van der Waals surface area contributed by atoms with Crippen molar-refractivity contribution in [2.75, 3.05) is 31.1 Å². The molecule has 0 saturated carbocycles. The van der Waals surface area contributed by atoms with Crippen LogP contribution in [0.4, 0.5) is 18.9 Å². The van der Waals surface area contributed by atoms with Crippen LogP contribution < -0.4 is 4.90 Å². The molecule has 0 spiro atoms. The Morgan fingerprint density at radius 3 is 2.24 bits per heavy atom. The molecule has 0 bridgehead atoms. The molecule has 2 heterocycles. The zero-order chi connectivity index (χ0) is 23.8. The molecule has 1 aromatic heterocycles. The predicted molar refractivity (Wildman–Crippen MR) is 122 cm³/mol. The van der Waals surface area contributed by atoms with Crippen molar-refractivity contribution < 1.29 is 18.0 Å². The van der Waals surface area contributed by atoms with Crippen molar-refractivity contribution in [3.8, 4) is 5.69 Å². The number of hydrogen-bond acceptors (Lipinski definition) is 3. The Morgan fingerprint density at radius 1 is 1.00 bits per heavy atom. The fourth-order valence-electron chi connectivity index (χ4n) is 3.91. The number of aromatic nitrogens is 2. The van der Waals surface area contributed by atoms with Gasteiger partial charge in [-0.3, -0.25) is 4.79 Å². The highest BCUT2D eigenvalue weighted by molar-refractivity contribution is 6.32. The Hall–Kier alpha value is -2.71. The summed E-state index contributed by atoms with van der Waals surface area (Å²) in [6.45, 7) is 3.93. The highest BCUT2D eigenvalue weighted by Gasteiger charge is 2.38. The molecular weight excluding hydrogens is 476 g/mol. The number of para-hydroxylation sites is 1. The molecule has 1 aliphatic heterocycles. The molecule has 3 aromatic rings. The Morgan fingerprint density at radius 2 is 1.64 bits per heavy atom. The lowest BCUT2D eigenvalue weighted by molar-refractivity contribution is -0.141. The molecule has 0 aliphatic carbocycles. The van der Waals surface area contributed by atoms with E-state index >= 15 is 0 Å². The lowest BCUT2D eigenvalue weighted by Crippen LogP contribution is -2.49. The molecule has 5 nitrogen and oxygen atoms in total. The Kier molecular flexibility index (Phi) is 6.59. The third kappa shape index (κ3) is 4.96. The summed E-state index contributed by atoms with van der Waals surface area (Å²) in [5, 5.41) is 3.93. The van der Waals surface area contributed by atoms with Gasteiger partial charge in [0.05, 0.1) is 22.8 Å². The monoisotopic (exact) mass is 496 g/mol. The van der Waals surface area contributed by atoms with Crippen LogP contribution in [0.2, 0.25) is 10.0 Å². The summed E-state index contributed by atoms with van der Waals surface area (Å²) in [6, 6.07) is 14.4. The van der Waals surface area contributed by atoms with Gasteiger partial charge in [-0.25, -0.2) is 4.68 Å². The molecule has 0 atom stereocenters. The Balaban J connectivity index is 1.49. The lowest BCUT2D eigenvalue weighted by Gasteiger charge is -2.36. The van der Waals surface area contributed by atoms with Gasteiger partial charge in [-0.15, -0.1) is 0 Å². The molecule has 1 saturated heterocycles. The quantitative estimate of drug-likeness (QED) is 0.485. The summed E-state index contributed by atoms with van der Waals surface area (Å²) in [6.07, 6.45) is -4.61. The van der Waals surface area contributed by atoms with E-state index in [1.807, 2.05) is 24.3 Å². The van der Waals surface area contributed by atoms with Crippen LogP contribution in [-0.2, 0) is 17.4 Å². The van der Waals surface area contributed by atoms with Crippen LogP contribution >= 0.6 is 23.2 Å². The summed E-state index contributed by atoms with van der Waals surface area (Å²) < 4.78 is 40.9. The Bertz CT molecular complexity index is 1150. The predicted octanol–water partition coefficient (Wildman–Crippen LogP) is 5.40. The van der Waals surface area contributed by atoms with E-state index in [0.717, 1.165) is 10.4 Å². The fraction of sp³-hybridized carbons (Fsp3) is 0.304. The van der Waals surface area contributed by atoms with Crippen LogP contribution in [0.3, 0.4) is 0 Å². The normalized spacial score (nSPS) is 14.6. The molecule has 2 aromatic carbocycles. The maximum absolute atomic E-state index is 13.3. The number of rotatable bonds is 4. The van der Waals surface area contributed by atoms with Crippen LogP contribution in [0.15, 0.2) is 48.5 Å². The van der Waals surface area contributed by atoms with Crippen molar-refractivity contribution in [2.24, 2.45) is 0 Å². The van der Waals surface area contributed by atoms with Gasteiger partial charge in [0.1, 0.15) is 0 Å². The standard InChI is InChI=1S/C23H21Cl2F3N4O/c1-15-21(25)22(23(26,27)28)29-32(15)19-5-3-2-4-16(19)14-20(33)31-12-10-30(11-13-31)18-8-6-17(24)7-9-18/h2-9H,10-14H2,1H3. The third-order valence-electron chi connectivity index (χ3n) is 5.70. The third-order valence-corrected chi connectivity index (χ3v) is 6.40. The van der Waals surface area contributed by atoms with E-state index in [9.17, 15) is 18.0 Å². The van der Waals surface area contributed by atoms with Gasteiger partial charge in [-0.05, 0) is 42.8 Å². The second kappa shape index (κ2) is 9.27. The highest BCUT2D eigenvalue weighted by atomic mass is 35.5. The van der Waals surface area contributed by atoms with Crippen molar-refractivity contribution in [2.45, 2.75) is 19.5 Å². The van der Waals surface area contributed by atoms with Crippen LogP contribution in [-0.4, -0.2) is 46.8 Å². The number of hydrogen-bond donors (Lipinski definition) is 0. The van der Waals surface area contributed by atoms with E-state index in [0.29, 0.717) is 42.5 Å². The number of alkyl halides is 3. The van der Waals surface area contributed by atoms with Gasteiger partial charge in [0.15, 0.2) is 5.69 Å². The first-order valence-corrected chi connectivity index (χ1v) is 11.1. The van der Waals surface area contributed by atoms with Gasteiger partial charge in [0.25, 0.3) is 0 Å². The SMILES string of the molecule is Cc1c(Cl)c(C(F)(F)F)nn1-c1ccccc1CC(=O)N1CCN(c2ccc(Cl)cc2)CC1. The summed E-state index contributed by atoms with van der Waals surface area (Å²) >= 11 is 11.9. The summed E-state index contributed by atoms with van der Waals surface area (Å²) in [5.74, 6) is -0.0924. The molecule has 174 valence electrons. The van der Waals surface area contributed by atoms with Crippen LogP contribution in [0.25, 0.3) is 5.69 Å². The van der Waals surface area contributed by atoms with Crippen molar-refractivity contribution in [1.29, 1.82) is 0 Å². The van der Waals surface area contributed by atoms with E-state index in [4.69, 9.17) is 23.2 Å². The summed E-state index contributed by atoms with van der Waals surface area (Å²) in [5.41, 5.74) is 1.06. The van der Waals surface area contributed by atoms with E-state index in [2.05, 4.69) is 10.00 Å². The summed E-state index contributed by atoms with van der Waals surface area (Å²) in [4.78, 5) is 17.0. The average molecular weight is 497 g/mol. The van der Waals surface area contributed by atoms with Gasteiger partial charge in [0.2, 0.25) is 5.91 Å². The van der Waals surface area contributed by atoms with Gasteiger partial charge in [-0.1, -0.05) is 41.4 Å². The number of piperazine rings is 1. The zero-order valence-corrected chi connectivity index (χ0v) is 19.3. The molecule has 10 heteroatoms. The lowest BCUT2D eigenvalue weighted by atomic mass is 10.1. The molecular formula is C23H21Cl2F3N4O. The molecule has 1 amide bonds. The van der Waals surface area contributed by atoms with Crippen molar-refractivity contribution in [3.63, 3.8) is 0 Å². The van der Waals surface area contributed by atoms with Gasteiger partial charge in [-0.2, -0.15) is 18.3 Å². The molecule has 1 aliphatic rings. The van der Waals surface area contributed by atoms with Crippen molar-refractivity contribution in [3.05, 3.63) is 75.5 Å². The Labute approximate surface area is 199 Å². The van der Waals surface area contributed by atoms with Crippen LogP contribution in [0.5, 0.6) is 0 Å². The molecule has 0 radical (unpaired) electrons. The molecule has 1 fully saturated rings.